The predicted octanol–water partition coefficient (Wildman–Crippen LogP) is 4.39. The smallest absolute Gasteiger partial charge is 0.256 e. The Labute approximate surface area is 211 Å². The van der Waals surface area contributed by atoms with Gasteiger partial charge < -0.3 is 14.7 Å². The van der Waals surface area contributed by atoms with Crippen molar-refractivity contribution in [2.24, 2.45) is 0 Å². The number of hydrogen-bond donors (Lipinski definition) is 0. The van der Waals surface area contributed by atoms with Gasteiger partial charge >= 0.3 is 0 Å². The zero-order chi connectivity index (χ0) is 24.8. The van der Waals surface area contributed by atoms with Crippen LogP contribution in [0.1, 0.15) is 30.6 Å². The number of rotatable bonds is 6. The molecule has 7 nitrogen and oxygen atoms in total. The van der Waals surface area contributed by atoms with Gasteiger partial charge in [-0.1, -0.05) is 54.1 Å². The normalized spacial score (nSPS) is 14.1. The first kappa shape index (κ1) is 24.7. The zero-order valence-corrected chi connectivity index (χ0v) is 20.9. The molecule has 4 rings (SSSR count). The molecular weight excluding hydrogens is 462 g/mol. The van der Waals surface area contributed by atoms with Crippen molar-refractivity contribution in [2.45, 2.75) is 26.3 Å². The fraction of sp³-hybridized carbons (Fsp3) is 0.333. The Bertz CT molecular complexity index is 1150. The van der Waals surface area contributed by atoms with Crippen LogP contribution in [-0.4, -0.2) is 70.6 Å². The van der Waals surface area contributed by atoms with Crippen molar-refractivity contribution in [3.8, 4) is 11.3 Å². The quantitative estimate of drug-likeness (QED) is 0.511. The van der Waals surface area contributed by atoms with Gasteiger partial charge in [-0.05, 0) is 44.5 Å². The van der Waals surface area contributed by atoms with E-state index in [-0.39, 0.29) is 24.4 Å². The van der Waals surface area contributed by atoms with Gasteiger partial charge in [0, 0.05) is 37.8 Å². The molecule has 0 atom stereocenters. The van der Waals surface area contributed by atoms with E-state index in [1.807, 2.05) is 61.2 Å². The molecule has 2 aromatic carbocycles. The van der Waals surface area contributed by atoms with Crippen LogP contribution in [0.4, 0.5) is 5.82 Å². The van der Waals surface area contributed by atoms with Crippen LogP contribution < -0.4 is 4.90 Å². The molecule has 1 aromatic heterocycles. The van der Waals surface area contributed by atoms with Gasteiger partial charge in [-0.15, -0.1) is 10.2 Å². The number of anilines is 1. The number of amides is 2. The fourth-order valence-electron chi connectivity index (χ4n) is 4.18. The first-order valence-corrected chi connectivity index (χ1v) is 12.3. The maximum absolute atomic E-state index is 13.2. The van der Waals surface area contributed by atoms with Crippen LogP contribution in [0.5, 0.6) is 0 Å². The molecule has 0 bridgehead atoms. The maximum Gasteiger partial charge on any atom is 0.256 e. The Morgan fingerprint density at radius 2 is 1.66 bits per heavy atom. The van der Waals surface area contributed by atoms with E-state index in [1.54, 1.807) is 29.2 Å². The molecule has 3 aromatic rings. The van der Waals surface area contributed by atoms with Crippen molar-refractivity contribution in [1.29, 1.82) is 0 Å². The van der Waals surface area contributed by atoms with Crippen molar-refractivity contribution in [2.75, 3.05) is 37.6 Å². The van der Waals surface area contributed by atoms with E-state index < -0.39 is 0 Å². The van der Waals surface area contributed by atoms with E-state index in [0.717, 1.165) is 30.0 Å². The van der Waals surface area contributed by atoms with Crippen LogP contribution in [0.3, 0.4) is 0 Å². The summed E-state index contributed by atoms with van der Waals surface area (Å²) in [6.07, 6.45) is 0.813. The van der Waals surface area contributed by atoms with Gasteiger partial charge in [0.15, 0.2) is 5.82 Å². The molecule has 35 heavy (non-hydrogen) atoms. The van der Waals surface area contributed by atoms with E-state index in [4.69, 9.17) is 11.6 Å². The molecule has 1 fully saturated rings. The monoisotopic (exact) mass is 491 g/mol. The minimum atomic E-state index is -0.232. The maximum atomic E-state index is 13.2. The molecule has 0 radical (unpaired) electrons. The lowest BCUT2D eigenvalue weighted by Crippen LogP contribution is -2.46. The highest BCUT2D eigenvalue weighted by molar-refractivity contribution is 6.33. The third-order valence-corrected chi connectivity index (χ3v) is 6.52. The summed E-state index contributed by atoms with van der Waals surface area (Å²) in [6.45, 7) is 6.48. The predicted molar refractivity (Wildman–Crippen MR) is 139 cm³/mol. The molecule has 2 amide bonds. The lowest BCUT2D eigenvalue weighted by molar-refractivity contribution is -0.132. The van der Waals surface area contributed by atoms with Gasteiger partial charge in [-0.2, -0.15) is 0 Å². The van der Waals surface area contributed by atoms with E-state index in [9.17, 15) is 9.59 Å². The Kier molecular flexibility index (Phi) is 7.98. The van der Waals surface area contributed by atoms with Gasteiger partial charge in [-0.25, -0.2) is 0 Å². The minimum Gasteiger partial charge on any atom is -0.353 e. The van der Waals surface area contributed by atoms with E-state index >= 15 is 0 Å². The third-order valence-electron chi connectivity index (χ3n) is 6.19. The van der Waals surface area contributed by atoms with Gasteiger partial charge in [0.05, 0.1) is 16.3 Å². The number of carbonyl (C=O) groups excluding carboxylic acids is 2. The lowest BCUT2D eigenvalue weighted by Gasteiger charge is -2.30. The Morgan fingerprint density at radius 1 is 0.914 bits per heavy atom. The summed E-state index contributed by atoms with van der Waals surface area (Å²) in [5.41, 5.74) is 2.27. The van der Waals surface area contributed by atoms with Crippen LogP contribution in [0.15, 0.2) is 66.7 Å². The summed E-state index contributed by atoms with van der Waals surface area (Å²) >= 11 is 6.23. The number of benzene rings is 2. The SMILES string of the molecule is CC(C)N(CC(=O)N1CCCN(c2ccc(-c3ccccc3)nn2)CC1)C(=O)c1ccccc1Cl. The molecule has 182 valence electrons. The highest BCUT2D eigenvalue weighted by Gasteiger charge is 2.27. The highest BCUT2D eigenvalue weighted by atomic mass is 35.5. The average Bonchev–Trinajstić information content (AvgIpc) is 3.14. The summed E-state index contributed by atoms with van der Waals surface area (Å²) in [5.74, 6) is 0.507. The molecule has 2 heterocycles. The van der Waals surface area contributed by atoms with Crippen LogP contribution in [0.2, 0.25) is 5.02 Å². The number of nitrogens with zero attached hydrogens (tertiary/aromatic N) is 5. The molecule has 8 heteroatoms. The first-order chi connectivity index (χ1) is 16.9. The first-order valence-electron chi connectivity index (χ1n) is 11.9. The molecule has 1 saturated heterocycles. The molecule has 1 aliphatic rings. The van der Waals surface area contributed by atoms with Crippen molar-refractivity contribution in [3.05, 3.63) is 77.3 Å². The topological polar surface area (TPSA) is 69.6 Å². The second-order valence-corrected chi connectivity index (χ2v) is 9.28. The molecule has 0 N–H and O–H groups in total. The minimum absolute atomic E-state index is 0.0211. The second-order valence-electron chi connectivity index (χ2n) is 8.87. The molecule has 0 saturated carbocycles. The zero-order valence-electron chi connectivity index (χ0n) is 20.1. The van der Waals surface area contributed by atoms with Crippen LogP contribution >= 0.6 is 11.6 Å². The Hall–Kier alpha value is -3.45. The number of halogens is 1. The summed E-state index contributed by atoms with van der Waals surface area (Å²) in [5, 5.41) is 9.22. The third kappa shape index (κ3) is 5.98. The highest BCUT2D eigenvalue weighted by Crippen LogP contribution is 2.21. The van der Waals surface area contributed by atoms with Gasteiger partial charge in [0.2, 0.25) is 5.91 Å². The largest absolute Gasteiger partial charge is 0.353 e. The lowest BCUT2D eigenvalue weighted by atomic mass is 10.1. The second kappa shape index (κ2) is 11.3. The summed E-state index contributed by atoms with van der Waals surface area (Å²) in [7, 11) is 0. The molecule has 0 aliphatic carbocycles. The number of hydrogen-bond acceptors (Lipinski definition) is 5. The molecular formula is C27H30ClN5O2. The fourth-order valence-corrected chi connectivity index (χ4v) is 4.39. The summed E-state index contributed by atoms with van der Waals surface area (Å²) in [6, 6.07) is 20.7. The van der Waals surface area contributed by atoms with E-state index in [2.05, 4.69) is 15.1 Å². The van der Waals surface area contributed by atoms with E-state index in [1.165, 1.54) is 0 Å². The van der Waals surface area contributed by atoms with Gasteiger partial charge in [-0.3, -0.25) is 9.59 Å². The van der Waals surface area contributed by atoms with Gasteiger partial charge in [0.25, 0.3) is 5.91 Å². The molecule has 1 aliphatic heterocycles. The van der Waals surface area contributed by atoms with E-state index in [0.29, 0.717) is 30.2 Å². The summed E-state index contributed by atoms with van der Waals surface area (Å²) < 4.78 is 0. The Balaban J connectivity index is 1.39. The van der Waals surface area contributed by atoms with Crippen molar-refractivity contribution in [3.63, 3.8) is 0 Å². The van der Waals surface area contributed by atoms with Crippen molar-refractivity contribution >= 4 is 29.2 Å². The molecule has 0 unspecified atom stereocenters. The average molecular weight is 492 g/mol. The van der Waals surface area contributed by atoms with Crippen LogP contribution in [-0.2, 0) is 4.79 Å². The van der Waals surface area contributed by atoms with Crippen LogP contribution in [0.25, 0.3) is 11.3 Å². The molecule has 0 spiro atoms. The summed E-state index contributed by atoms with van der Waals surface area (Å²) in [4.78, 5) is 31.9. The van der Waals surface area contributed by atoms with Crippen molar-refractivity contribution in [1.82, 2.24) is 20.0 Å². The number of carbonyl (C=O) groups is 2. The van der Waals surface area contributed by atoms with Crippen LogP contribution in [0, 0.1) is 0 Å². The van der Waals surface area contributed by atoms with Gasteiger partial charge in [0.1, 0.15) is 6.54 Å². The standard InChI is InChI=1S/C27H30ClN5O2/c1-20(2)33(27(35)22-11-6-7-12-23(22)28)19-26(34)32-16-8-15-31(17-18-32)25-14-13-24(29-30-25)21-9-4-3-5-10-21/h3-7,9-14,20H,8,15-19H2,1-2H3. The number of aromatic nitrogens is 2. The van der Waals surface area contributed by atoms with Crippen molar-refractivity contribution < 1.29 is 9.59 Å². The Morgan fingerprint density at radius 3 is 2.34 bits per heavy atom.